The molecule has 0 bridgehead atoms. The standard InChI is InChI=1S/C7H10O/c1-3-4-5-6-7(2)8/h4H,1,5-6H2,2H3. The molecule has 0 heterocycles. The summed E-state index contributed by atoms with van der Waals surface area (Å²) in [7, 11) is 0. The largest absolute Gasteiger partial charge is 0.300 e. The molecule has 0 fully saturated rings. The maximum Gasteiger partial charge on any atom is 0.130 e. The lowest BCUT2D eigenvalue weighted by atomic mass is 10.2. The summed E-state index contributed by atoms with van der Waals surface area (Å²) in [5.74, 6) is 0.219. The normalized spacial score (nSPS) is 7.62. The first-order chi connectivity index (χ1) is 3.77. The molecule has 0 spiro atoms. The zero-order valence-corrected chi connectivity index (χ0v) is 5.11. The van der Waals surface area contributed by atoms with Crippen LogP contribution in [0.4, 0.5) is 0 Å². The molecule has 0 aromatic heterocycles. The number of hydrogen-bond acceptors (Lipinski definition) is 1. The molecule has 0 N–H and O–H groups in total. The summed E-state index contributed by atoms with van der Waals surface area (Å²) in [4.78, 5) is 10.3. The van der Waals surface area contributed by atoms with Gasteiger partial charge in [0.05, 0.1) is 0 Å². The molecule has 0 aliphatic rings. The maximum absolute atomic E-state index is 10.3. The van der Waals surface area contributed by atoms with Gasteiger partial charge in [0.15, 0.2) is 0 Å². The predicted molar refractivity (Wildman–Crippen MR) is 33.6 cm³/mol. The minimum absolute atomic E-state index is 0.219. The molecule has 0 saturated heterocycles. The molecular weight excluding hydrogens is 100 g/mol. The highest BCUT2D eigenvalue weighted by atomic mass is 16.1. The molecule has 0 saturated carbocycles. The Labute approximate surface area is 49.7 Å². The van der Waals surface area contributed by atoms with Crippen LogP contribution in [0.3, 0.4) is 0 Å². The van der Waals surface area contributed by atoms with E-state index >= 15 is 0 Å². The van der Waals surface area contributed by atoms with Crippen LogP contribution in [0.2, 0.25) is 0 Å². The lowest BCUT2D eigenvalue weighted by Gasteiger charge is -1.82. The van der Waals surface area contributed by atoms with E-state index in [0.717, 1.165) is 6.42 Å². The molecule has 1 nitrogen and oxygen atoms in total. The molecule has 0 aliphatic carbocycles. The van der Waals surface area contributed by atoms with Gasteiger partial charge in [-0.1, -0.05) is 6.58 Å². The molecule has 0 amide bonds. The number of ketones is 1. The first-order valence-electron chi connectivity index (χ1n) is 2.61. The Bertz CT molecular complexity index is 116. The number of allylic oxidation sites excluding steroid dienone is 1. The minimum atomic E-state index is 0.219. The van der Waals surface area contributed by atoms with Gasteiger partial charge in [0, 0.05) is 6.42 Å². The Balaban J connectivity index is 3.18. The van der Waals surface area contributed by atoms with Crippen LogP contribution in [0.1, 0.15) is 19.8 Å². The van der Waals surface area contributed by atoms with Crippen molar-refractivity contribution in [1.82, 2.24) is 0 Å². The van der Waals surface area contributed by atoms with Crippen molar-refractivity contribution in [2.75, 3.05) is 0 Å². The van der Waals surface area contributed by atoms with E-state index in [1.165, 1.54) is 0 Å². The van der Waals surface area contributed by atoms with Crippen LogP contribution in [0, 0.1) is 0 Å². The van der Waals surface area contributed by atoms with Crippen molar-refractivity contribution in [1.29, 1.82) is 0 Å². The summed E-state index contributed by atoms with van der Waals surface area (Å²) < 4.78 is 0. The number of hydrogen-bond donors (Lipinski definition) is 0. The van der Waals surface area contributed by atoms with Gasteiger partial charge in [0.2, 0.25) is 0 Å². The fourth-order valence-corrected chi connectivity index (χ4v) is 0.377. The molecule has 0 rings (SSSR count). The highest BCUT2D eigenvalue weighted by Crippen LogP contribution is 1.88. The fourth-order valence-electron chi connectivity index (χ4n) is 0.377. The fraction of sp³-hybridized carbons (Fsp3) is 0.429. The molecule has 0 aromatic carbocycles. The third-order valence-corrected chi connectivity index (χ3v) is 0.785. The summed E-state index contributed by atoms with van der Waals surface area (Å²) >= 11 is 0. The average Bonchev–Trinajstić information content (AvgIpc) is 1.66. The molecular formula is C7H10O. The Morgan fingerprint density at radius 3 is 2.88 bits per heavy atom. The summed E-state index contributed by atoms with van der Waals surface area (Å²) in [5.41, 5.74) is 2.60. The molecule has 1 heteroatoms. The predicted octanol–water partition coefficient (Wildman–Crippen LogP) is 1.70. The lowest BCUT2D eigenvalue weighted by Crippen LogP contribution is -1.85. The topological polar surface area (TPSA) is 17.1 Å². The monoisotopic (exact) mass is 110 g/mol. The molecule has 0 radical (unpaired) electrons. The lowest BCUT2D eigenvalue weighted by molar-refractivity contribution is -0.116. The highest BCUT2D eigenvalue weighted by molar-refractivity contribution is 5.75. The van der Waals surface area contributed by atoms with E-state index in [9.17, 15) is 4.79 Å². The summed E-state index contributed by atoms with van der Waals surface area (Å²) in [6.45, 7) is 4.95. The molecule has 8 heavy (non-hydrogen) atoms. The molecule has 0 atom stereocenters. The van der Waals surface area contributed by atoms with E-state index < -0.39 is 0 Å². The average molecular weight is 110 g/mol. The van der Waals surface area contributed by atoms with E-state index in [0.29, 0.717) is 6.42 Å². The third-order valence-electron chi connectivity index (χ3n) is 0.785. The quantitative estimate of drug-likeness (QED) is 0.505. The van der Waals surface area contributed by atoms with Gasteiger partial charge in [0.25, 0.3) is 0 Å². The van der Waals surface area contributed by atoms with Crippen molar-refractivity contribution >= 4 is 5.78 Å². The van der Waals surface area contributed by atoms with Crippen LogP contribution in [0.25, 0.3) is 0 Å². The van der Waals surface area contributed by atoms with Crippen LogP contribution in [-0.2, 0) is 4.79 Å². The van der Waals surface area contributed by atoms with E-state index in [1.54, 1.807) is 13.0 Å². The van der Waals surface area contributed by atoms with E-state index in [-0.39, 0.29) is 5.78 Å². The molecule has 0 aliphatic heterocycles. The second-order valence-electron chi connectivity index (χ2n) is 1.65. The van der Waals surface area contributed by atoms with Crippen LogP contribution < -0.4 is 0 Å². The van der Waals surface area contributed by atoms with E-state index in [2.05, 4.69) is 12.3 Å². The Kier molecular flexibility index (Phi) is 3.91. The molecule has 0 aromatic rings. The van der Waals surface area contributed by atoms with Crippen LogP contribution in [0.15, 0.2) is 18.4 Å². The minimum Gasteiger partial charge on any atom is -0.300 e. The number of Topliss-reactive ketones (excluding diaryl/α,β-unsaturated/α-hetero) is 1. The number of rotatable bonds is 3. The third kappa shape index (κ3) is 5.19. The van der Waals surface area contributed by atoms with Crippen molar-refractivity contribution in [2.45, 2.75) is 19.8 Å². The molecule has 0 unspecified atom stereocenters. The van der Waals surface area contributed by atoms with Crippen LogP contribution >= 0.6 is 0 Å². The van der Waals surface area contributed by atoms with Gasteiger partial charge in [-0.2, -0.15) is 0 Å². The van der Waals surface area contributed by atoms with Gasteiger partial charge >= 0.3 is 0 Å². The smallest absolute Gasteiger partial charge is 0.130 e. The SMILES string of the molecule is C=C=CCCC(C)=O. The van der Waals surface area contributed by atoms with Crippen LogP contribution in [0.5, 0.6) is 0 Å². The maximum atomic E-state index is 10.3. The van der Waals surface area contributed by atoms with E-state index in [1.807, 2.05) is 0 Å². The second-order valence-corrected chi connectivity index (χ2v) is 1.65. The van der Waals surface area contributed by atoms with Crippen molar-refractivity contribution in [2.24, 2.45) is 0 Å². The highest BCUT2D eigenvalue weighted by Gasteiger charge is 1.86. The second kappa shape index (κ2) is 4.35. The zero-order valence-electron chi connectivity index (χ0n) is 5.11. The van der Waals surface area contributed by atoms with Crippen molar-refractivity contribution in [3.05, 3.63) is 18.4 Å². The Morgan fingerprint density at radius 2 is 2.50 bits per heavy atom. The number of carbonyl (C=O) groups is 1. The number of carbonyl (C=O) groups excluding carboxylic acids is 1. The van der Waals surface area contributed by atoms with Gasteiger partial charge in [-0.15, -0.1) is 5.73 Å². The van der Waals surface area contributed by atoms with Gasteiger partial charge < -0.3 is 4.79 Å². The Morgan fingerprint density at radius 1 is 1.88 bits per heavy atom. The van der Waals surface area contributed by atoms with Crippen molar-refractivity contribution in [3.63, 3.8) is 0 Å². The van der Waals surface area contributed by atoms with E-state index in [4.69, 9.17) is 0 Å². The van der Waals surface area contributed by atoms with Crippen molar-refractivity contribution < 1.29 is 4.79 Å². The summed E-state index contributed by atoms with van der Waals surface area (Å²) in [6.07, 6.45) is 3.16. The summed E-state index contributed by atoms with van der Waals surface area (Å²) in [5, 5.41) is 0. The zero-order chi connectivity index (χ0) is 6.41. The van der Waals surface area contributed by atoms with Crippen molar-refractivity contribution in [3.8, 4) is 0 Å². The first-order valence-corrected chi connectivity index (χ1v) is 2.61. The van der Waals surface area contributed by atoms with Gasteiger partial charge in [-0.3, -0.25) is 0 Å². The van der Waals surface area contributed by atoms with Crippen LogP contribution in [-0.4, -0.2) is 5.78 Å². The van der Waals surface area contributed by atoms with Gasteiger partial charge in [0.1, 0.15) is 5.78 Å². The van der Waals surface area contributed by atoms with Gasteiger partial charge in [-0.25, -0.2) is 0 Å². The Hall–Kier alpha value is -0.810. The van der Waals surface area contributed by atoms with Gasteiger partial charge in [-0.05, 0) is 19.4 Å². The summed E-state index contributed by atoms with van der Waals surface area (Å²) in [6, 6.07) is 0. The first kappa shape index (κ1) is 7.19. The molecule has 44 valence electrons.